The fourth-order valence-corrected chi connectivity index (χ4v) is 15.9. The van der Waals surface area contributed by atoms with Crippen molar-refractivity contribution in [1.82, 2.24) is 9.13 Å². The van der Waals surface area contributed by atoms with Crippen LogP contribution in [-0.4, -0.2) is 9.13 Å². The first kappa shape index (κ1) is 62.7. The second-order valence-electron chi connectivity index (χ2n) is 29.8. The lowest BCUT2D eigenvalue weighted by Crippen LogP contribution is -2.10. The fourth-order valence-electron chi connectivity index (χ4n) is 15.9. The van der Waals surface area contributed by atoms with Crippen LogP contribution in [0.1, 0.15) is 69.4 Å². The molecule has 18 aromatic rings. The van der Waals surface area contributed by atoms with Crippen LogP contribution in [0.15, 0.2) is 322 Å². The molecule has 101 heavy (non-hydrogen) atoms. The van der Waals surface area contributed by atoms with Gasteiger partial charge in [0, 0.05) is 32.9 Å². The highest BCUT2D eigenvalue weighted by Gasteiger charge is 2.24. The summed E-state index contributed by atoms with van der Waals surface area (Å²) in [6, 6.07) is 119. The van der Waals surface area contributed by atoms with E-state index in [0.29, 0.717) is 0 Å². The predicted octanol–water partition coefficient (Wildman–Crippen LogP) is 27.7. The minimum Gasteiger partial charge on any atom is -0.309 e. The highest BCUT2D eigenvalue weighted by Crippen LogP contribution is 2.48. The van der Waals surface area contributed by atoms with Gasteiger partial charge in [-0.05, 0) is 225 Å². The molecule has 0 unspecified atom stereocenters. The molecule has 0 amide bonds. The molecule has 0 bridgehead atoms. The molecule has 0 saturated heterocycles. The van der Waals surface area contributed by atoms with Crippen molar-refractivity contribution in [3.05, 3.63) is 349 Å². The number of fused-ring (bicyclic) bond motifs is 10. The summed E-state index contributed by atoms with van der Waals surface area (Å²) < 4.78 is 4.86. The van der Waals surface area contributed by atoms with Crippen molar-refractivity contribution in [3.8, 4) is 78.1 Å². The summed E-state index contributed by atoms with van der Waals surface area (Å²) in [5.41, 5.74) is 29.0. The van der Waals surface area contributed by atoms with E-state index in [0.717, 1.165) is 0 Å². The van der Waals surface area contributed by atoms with Crippen molar-refractivity contribution in [3.63, 3.8) is 0 Å². The second kappa shape index (κ2) is 24.9. The van der Waals surface area contributed by atoms with Crippen molar-refractivity contribution in [2.45, 2.75) is 73.1 Å². The molecule has 0 aliphatic carbocycles. The van der Waals surface area contributed by atoms with Gasteiger partial charge in [-0.3, -0.25) is 0 Å². The number of benzene rings is 16. The van der Waals surface area contributed by atoms with Crippen molar-refractivity contribution in [1.29, 1.82) is 0 Å². The molecule has 0 spiro atoms. The molecule has 0 aliphatic rings. The topological polar surface area (TPSA) is 9.86 Å². The Bertz CT molecular complexity index is 6040. The monoisotopic (exact) mass is 1300 g/mol. The summed E-state index contributed by atoms with van der Waals surface area (Å²) in [6.07, 6.45) is 0. The standard InChI is InChI=1S/C52H45N.C47H35N/c1-51(2,3)38-26-30-47-45(32-38)46-33-39(52(4,5)6)27-31-48(46)53(47)40-28-24-37(25-29-40)50-43-18-12-10-16-41(43)49(42-17-11-13-19-44(42)50)36-22-20-35(21-23-36)34-14-8-7-9-15-34;1-30-13-24-40-43(29-30)47(35-18-16-34(17-19-35)33-9-5-4-6-10-33)39-12-8-7-11-38(39)46(40)36-20-22-37(23-21-36)48-44-25-14-31(2)27-41(44)42-28-32(3)15-26-45(42)48/h7-33H,1-6H3;4-29H,1-3H3. The second-order valence-corrected chi connectivity index (χ2v) is 29.8. The van der Waals surface area contributed by atoms with Crippen LogP contribution >= 0.6 is 0 Å². The van der Waals surface area contributed by atoms with Gasteiger partial charge in [-0.15, -0.1) is 0 Å². The summed E-state index contributed by atoms with van der Waals surface area (Å²) in [7, 11) is 0. The molecule has 0 atom stereocenters. The maximum Gasteiger partial charge on any atom is 0.0541 e. The Labute approximate surface area is 592 Å². The Balaban J connectivity index is 0.000000151. The average Bonchev–Trinajstić information content (AvgIpc) is 1.42. The predicted molar refractivity (Wildman–Crippen MR) is 436 cm³/mol. The number of aryl methyl sites for hydroxylation is 3. The Kier molecular flexibility index (Phi) is 15.4. The highest BCUT2D eigenvalue weighted by atomic mass is 15.0. The molecule has 16 aromatic carbocycles. The van der Waals surface area contributed by atoms with Crippen molar-refractivity contribution >= 4 is 86.7 Å². The van der Waals surface area contributed by atoms with Gasteiger partial charge >= 0.3 is 0 Å². The number of nitrogens with zero attached hydrogens (tertiary/aromatic N) is 2. The zero-order valence-electron chi connectivity index (χ0n) is 59.0. The van der Waals surface area contributed by atoms with E-state index >= 15 is 0 Å². The van der Waals surface area contributed by atoms with E-state index in [4.69, 9.17) is 0 Å². The Morgan fingerprint density at radius 2 is 0.426 bits per heavy atom. The van der Waals surface area contributed by atoms with Crippen LogP contribution < -0.4 is 0 Å². The molecular formula is C99H80N2. The zero-order chi connectivity index (χ0) is 68.8. The molecule has 0 saturated carbocycles. The number of rotatable bonds is 8. The van der Waals surface area contributed by atoms with Gasteiger partial charge in [0.15, 0.2) is 0 Å². The van der Waals surface area contributed by atoms with E-state index in [2.05, 4.69) is 393 Å². The van der Waals surface area contributed by atoms with Gasteiger partial charge in [-0.2, -0.15) is 0 Å². The van der Waals surface area contributed by atoms with Crippen molar-refractivity contribution in [2.75, 3.05) is 0 Å². The molecule has 2 heteroatoms. The molecule has 0 radical (unpaired) electrons. The van der Waals surface area contributed by atoms with Gasteiger partial charge in [0.25, 0.3) is 0 Å². The van der Waals surface area contributed by atoms with E-state index in [1.807, 2.05) is 0 Å². The highest BCUT2D eigenvalue weighted by molar-refractivity contribution is 6.23. The van der Waals surface area contributed by atoms with Gasteiger partial charge in [0.1, 0.15) is 0 Å². The van der Waals surface area contributed by atoms with Crippen LogP contribution in [0.3, 0.4) is 0 Å². The lowest BCUT2D eigenvalue weighted by molar-refractivity contribution is 0.590. The third-order valence-electron chi connectivity index (χ3n) is 21.1. The van der Waals surface area contributed by atoms with Crippen molar-refractivity contribution in [2.24, 2.45) is 0 Å². The van der Waals surface area contributed by atoms with Crippen LogP contribution in [-0.2, 0) is 10.8 Å². The maximum absolute atomic E-state index is 2.45. The first-order valence-corrected chi connectivity index (χ1v) is 35.6. The smallest absolute Gasteiger partial charge is 0.0541 e. The largest absolute Gasteiger partial charge is 0.309 e. The molecule has 2 heterocycles. The number of hydrogen-bond donors (Lipinski definition) is 0. The minimum atomic E-state index is 0.0681. The van der Waals surface area contributed by atoms with E-state index < -0.39 is 0 Å². The van der Waals surface area contributed by atoms with Gasteiger partial charge in [-0.25, -0.2) is 0 Å². The summed E-state index contributed by atoms with van der Waals surface area (Å²) in [5, 5.41) is 15.4. The van der Waals surface area contributed by atoms with E-state index in [9.17, 15) is 0 Å². The summed E-state index contributed by atoms with van der Waals surface area (Å²) >= 11 is 0. The van der Waals surface area contributed by atoms with Gasteiger partial charge in [0.05, 0.1) is 22.1 Å². The number of aromatic nitrogens is 2. The fraction of sp³-hybridized carbons (Fsp3) is 0.111. The zero-order valence-corrected chi connectivity index (χ0v) is 59.0. The van der Waals surface area contributed by atoms with Crippen LogP contribution in [0.5, 0.6) is 0 Å². The molecule has 2 aromatic heterocycles. The molecular weight excluding hydrogens is 1220 g/mol. The van der Waals surface area contributed by atoms with Gasteiger partial charge < -0.3 is 9.13 Å². The molecule has 2 nitrogen and oxygen atoms in total. The normalized spacial score (nSPS) is 12.0. The first-order chi connectivity index (χ1) is 49.1. The number of hydrogen-bond acceptors (Lipinski definition) is 0. The van der Waals surface area contributed by atoms with Crippen LogP contribution in [0.2, 0.25) is 0 Å². The maximum atomic E-state index is 2.45. The van der Waals surface area contributed by atoms with Crippen LogP contribution in [0.25, 0.3) is 165 Å². The minimum absolute atomic E-state index is 0.0681. The molecule has 486 valence electrons. The van der Waals surface area contributed by atoms with E-state index in [-0.39, 0.29) is 10.8 Å². The van der Waals surface area contributed by atoms with Crippen LogP contribution in [0, 0.1) is 20.8 Å². The quantitative estimate of drug-likeness (QED) is 0.134. The molecule has 0 aliphatic heterocycles. The molecule has 0 N–H and O–H groups in total. The van der Waals surface area contributed by atoms with Gasteiger partial charge in [0.2, 0.25) is 0 Å². The van der Waals surface area contributed by atoms with Crippen LogP contribution in [0.4, 0.5) is 0 Å². The van der Waals surface area contributed by atoms with Gasteiger partial charge in [-0.1, -0.05) is 307 Å². The third-order valence-corrected chi connectivity index (χ3v) is 21.1. The summed E-state index contributed by atoms with van der Waals surface area (Å²) in [5.74, 6) is 0. The van der Waals surface area contributed by atoms with Crippen molar-refractivity contribution < 1.29 is 0 Å². The SMILES string of the molecule is CC(C)(C)c1ccc2c(c1)c1cc(C(C)(C)C)ccc1n2-c1ccc(-c2c3ccccc3c(-c3ccc(-c4ccccc4)cc3)c3ccccc23)cc1.Cc1ccc2c(-c3ccc(-n4c5ccc(C)cc5c5cc(C)ccc54)cc3)c3ccccc3c(-c3ccc(-c4ccccc4)cc3)c2c1. The third kappa shape index (κ3) is 11.2. The van der Waals surface area contributed by atoms with E-state index in [1.165, 1.54) is 193 Å². The Morgan fingerprint density at radius 3 is 0.752 bits per heavy atom. The molecule has 18 rings (SSSR count). The first-order valence-electron chi connectivity index (χ1n) is 35.6. The summed E-state index contributed by atoms with van der Waals surface area (Å²) in [6.45, 7) is 20.3. The van der Waals surface area contributed by atoms with E-state index in [1.54, 1.807) is 0 Å². The molecule has 0 fully saturated rings. The Hall–Kier alpha value is -11.8. The Morgan fingerprint density at radius 1 is 0.188 bits per heavy atom. The lowest BCUT2D eigenvalue weighted by atomic mass is 9.85. The lowest BCUT2D eigenvalue weighted by Gasteiger charge is -2.19. The summed E-state index contributed by atoms with van der Waals surface area (Å²) in [4.78, 5) is 0. The average molecular weight is 1300 g/mol.